The zero-order valence-corrected chi connectivity index (χ0v) is 15.8. The van der Waals surface area contributed by atoms with Crippen LogP contribution in [0, 0.1) is 0 Å². The monoisotopic (exact) mass is 430 g/mol. The van der Waals surface area contributed by atoms with Crippen molar-refractivity contribution in [1.29, 1.82) is 0 Å². The largest absolute Gasteiger partial charge is 0.465 e. The summed E-state index contributed by atoms with van der Waals surface area (Å²) in [5.74, 6) is -1.56. The van der Waals surface area contributed by atoms with Crippen molar-refractivity contribution < 1.29 is 37.0 Å². The Morgan fingerprint density at radius 1 is 0.897 bits per heavy atom. The zero-order chi connectivity index (χ0) is 21.8. The fourth-order valence-corrected chi connectivity index (χ4v) is 2.42. The first-order chi connectivity index (χ1) is 13.5. The van der Waals surface area contributed by atoms with Crippen LogP contribution in [0.1, 0.15) is 26.3 Å². The van der Waals surface area contributed by atoms with Crippen LogP contribution >= 0.6 is 11.6 Å². The molecular weight excluding hydrogens is 417 g/mol. The Labute approximate surface area is 167 Å². The third-order valence-corrected chi connectivity index (χ3v) is 3.90. The molecule has 7 nitrogen and oxygen atoms in total. The van der Waals surface area contributed by atoms with Crippen molar-refractivity contribution in [3.05, 3.63) is 58.1 Å². The zero-order valence-electron chi connectivity index (χ0n) is 15.0. The van der Waals surface area contributed by atoms with Crippen molar-refractivity contribution in [2.45, 2.75) is 6.18 Å². The van der Waals surface area contributed by atoms with E-state index in [4.69, 9.17) is 11.6 Å². The van der Waals surface area contributed by atoms with E-state index in [9.17, 15) is 27.6 Å². The molecule has 154 valence electrons. The van der Waals surface area contributed by atoms with Crippen molar-refractivity contribution in [3.8, 4) is 0 Å². The Kier molecular flexibility index (Phi) is 6.70. The van der Waals surface area contributed by atoms with Gasteiger partial charge in [-0.3, -0.25) is 0 Å². The van der Waals surface area contributed by atoms with Gasteiger partial charge in [-0.15, -0.1) is 0 Å². The molecule has 0 aliphatic heterocycles. The van der Waals surface area contributed by atoms with Crippen LogP contribution in [0.25, 0.3) is 0 Å². The van der Waals surface area contributed by atoms with Crippen LogP contribution < -0.4 is 10.6 Å². The number of hydrogen-bond donors (Lipinski definition) is 2. The highest BCUT2D eigenvalue weighted by Gasteiger charge is 2.31. The normalized spacial score (nSPS) is 10.8. The maximum absolute atomic E-state index is 12.8. The smallest absolute Gasteiger partial charge is 0.416 e. The Hall–Kier alpha value is -3.27. The molecule has 0 saturated heterocycles. The summed E-state index contributed by atoms with van der Waals surface area (Å²) in [5, 5.41) is 4.37. The van der Waals surface area contributed by atoms with Crippen molar-refractivity contribution in [1.82, 2.24) is 0 Å². The SMILES string of the molecule is COC(=O)c1cc(NC(=O)Nc2cc(C(F)(F)F)ccc2Cl)cc(C(=O)OC)c1. The van der Waals surface area contributed by atoms with Crippen LogP contribution in [-0.2, 0) is 15.7 Å². The molecule has 0 heterocycles. The van der Waals surface area contributed by atoms with Crippen LogP contribution in [0.15, 0.2) is 36.4 Å². The summed E-state index contributed by atoms with van der Waals surface area (Å²) in [5.41, 5.74) is -1.39. The molecule has 0 bridgehead atoms. The number of amides is 2. The number of anilines is 2. The van der Waals surface area contributed by atoms with Gasteiger partial charge < -0.3 is 20.1 Å². The molecule has 2 aromatic rings. The molecule has 2 rings (SSSR count). The van der Waals surface area contributed by atoms with Crippen molar-refractivity contribution in [3.63, 3.8) is 0 Å². The van der Waals surface area contributed by atoms with E-state index in [0.29, 0.717) is 6.07 Å². The number of methoxy groups -OCH3 is 2. The number of ether oxygens (including phenoxy) is 2. The number of urea groups is 1. The van der Waals surface area contributed by atoms with Crippen LogP contribution in [0.2, 0.25) is 5.02 Å². The molecule has 0 aliphatic rings. The summed E-state index contributed by atoms with van der Waals surface area (Å²) in [4.78, 5) is 35.7. The van der Waals surface area contributed by atoms with Crippen molar-refractivity contribution in [2.75, 3.05) is 24.9 Å². The molecule has 0 aromatic heterocycles. The van der Waals surface area contributed by atoms with Crippen LogP contribution in [0.4, 0.5) is 29.3 Å². The highest BCUT2D eigenvalue weighted by molar-refractivity contribution is 6.33. The number of nitrogens with one attached hydrogen (secondary N) is 2. The number of halogens is 4. The summed E-state index contributed by atoms with van der Waals surface area (Å²) in [6.07, 6.45) is -4.62. The van der Waals surface area contributed by atoms with Gasteiger partial charge >= 0.3 is 24.1 Å². The van der Waals surface area contributed by atoms with Gasteiger partial charge in [0.25, 0.3) is 0 Å². The Balaban J connectivity index is 2.29. The van der Waals surface area contributed by atoms with Gasteiger partial charge in [0.2, 0.25) is 0 Å². The minimum absolute atomic E-state index is 0.00565. The van der Waals surface area contributed by atoms with E-state index in [2.05, 4.69) is 20.1 Å². The molecule has 2 aromatic carbocycles. The number of hydrogen-bond acceptors (Lipinski definition) is 5. The third kappa shape index (κ3) is 5.61. The molecule has 0 unspecified atom stereocenters. The topological polar surface area (TPSA) is 93.7 Å². The molecule has 0 aliphatic carbocycles. The quantitative estimate of drug-likeness (QED) is 0.693. The number of alkyl halides is 3. The lowest BCUT2D eigenvalue weighted by Crippen LogP contribution is -2.21. The second kappa shape index (κ2) is 8.82. The average molecular weight is 431 g/mol. The fraction of sp³-hybridized carbons (Fsp3) is 0.167. The van der Waals surface area contributed by atoms with Gasteiger partial charge in [0.05, 0.1) is 41.6 Å². The molecule has 2 amide bonds. The predicted octanol–water partition coefficient (Wildman–Crippen LogP) is 4.58. The lowest BCUT2D eigenvalue weighted by Gasteiger charge is -2.13. The summed E-state index contributed by atoms with van der Waals surface area (Å²) in [7, 11) is 2.26. The number of benzene rings is 2. The van der Waals surface area contributed by atoms with Gasteiger partial charge in [-0.25, -0.2) is 14.4 Å². The number of rotatable bonds is 4. The maximum Gasteiger partial charge on any atom is 0.416 e. The first kappa shape index (κ1) is 22.0. The first-order valence-electron chi connectivity index (χ1n) is 7.81. The van der Waals surface area contributed by atoms with Crippen LogP contribution in [0.5, 0.6) is 0 Å². The van der Waals surface area contributed by atoms with Gasteiger partial charge in [0, 0.05) is 5.69 Å². The average Bonchev–Trinajstić information content (AvgIpc) is 2.67. The van der Waals surface area contributed by atoms with Crippen LogP contribution in [-0.4, -0.2) is 32.2 Å². The molecule has 0 fully saturated rings. The molecule has 11 heteroatoms. The second-order valence-corrected chi connectivity index (χ2v) is 5.96. The summed E-state index contributed by atoms with van der Waals surface area (Å²) < 4.78 is 47.7. The second-order valence-electron chi connectivity index (χ2n) is 5.55. The molecule has 29 heavy (non-hydrogen) atoms. The standard InChI is InChI=1S/C18H14ClF3N2O5/c1-28-15(25)9-5-10(16(26)29-2)7-12(6-9)23-17(27)24-14-8-11(18(20,21)22)3-4-13(14)19/h3-8H,1-2H3,(H2,23,24,27). The lowest BCUT2D eigenvalue weighted by molar-refractivity contribution is -0.137. The Bertz CT molecular complexity index is 929. The van der Waals surface area contributed by atoms with E-state index in [0.717, 1.165) is 26.4 Å². The first-order valence-corrected chi connectivity index (χ1v) is 8.19. The highest BCUT2D eigenvalue weighted by atomic mass is 35.5. The summed E-state index contributed by atoms with van der Waals surface area (Å²) >= 11 is 5.83. The third-order valence-electron chi connectivity index (χ3n) is 3.57. The fourth-order valence-electron chi connectivity index (χ4n) is 2.25. The summed E-state index contributed by atoms with van der Waals surface area (Å²) in [6.45, 7) is 0. The molecule has 2 N–H and O–H groups in total. The number of carbonyl (C=O) groups is 3. The molecular formula is C18H14ClF3N2O5. The van der Waals surface area contributed by atoms with Gasteiger partial charge in [-0.05, 0) is 36.4 Å². The minimum Gasteiger partial charge on any atom is -0.465 e. The Morgan fingerprint density at radius 3 is 1.93 bits per heavy atom. The Morgan fingerprint density at radius 2 is 1.45 bits per heavy atom. The van der Waals surface area contributed by atoms with E-state index in [1.807, 2.05) is 0 Å². The highest BCUT2D eigenvalue weighted by Crippen LogP contribution is 2.33. The van der Waals surface area contributed by atoms with E-state index < -0.39 is 29.7 Å². The van der Waals surface area contributed by atoms with E-state index in [-0.39, 0.29) is 27.5 Å². The van der Waals surface area contributed by atoms with Crippen molar-refractivity contribution >= 4 is 40.9 Å². The van der Waals surface area contributed by atoms with Gasteiger partial charge in [-0.2, -0.15) is 13.2 Å². The van der Waals surface area contributed by atoms with Crippen LogP contribution in [0.3, 0.4) is 0 Å². The van der Waals surface area contributed by atoms with Gasteiger partial charge in [-0.1, -0.05) is 11.6 Å². The van der Waals surface area contributed by atoms with Crippen molar-refractivity contribution in [2.24, 2.45) is 0 Å². The molecule has 0 saturated carbocycles. The predicted molar refractivity (Wildman–Crippen MR) is 98.2 cm³/mol. The van der Waals surface area contributed by atoms with Gasteiger partial charge in [0.15, 0.2) is 0 Å². The molecule has 0 spiro atoms. The lowest BCUT2D eigenvalue weighted by atomic mass is 10.1. The molecule has 0 radical (unpaired) electrons. The number of esters is 2. The summed E-state index contributed by atoms with van der Waals surface area (Å²) in [6, 6.07) is 5.11. The number of carbonyl (C=O) groups excluding carboxylic acids is 3. The minimum atomic E-state index is -4.62. The van der Waals surface area contributed by atoms with E-state index in [1.54, 1.807) is 0 Å². The van der Waals surface area contributed by atoms with E-state index >= 15 is 0 Å². The van der Waals surface area contributed by atoms with Gasteiger partial charge in [0.1, 0.15) is 0 Å². The molecule has 0 atom stereocenters. The van der Waals surface area contributed by atoms with E-state index in [1.165, 1.54) is 18.2 Å². The maximum atomic E-state index is 12.8.